The number of hydrogen-bond donors (Lipinski definition) is 2. The molecule has 0 amide bonds. The minimum Gasteiger partial charge on any atom is -0.404 e. The van der Waals surface area contributed by atoms with Gasteiger partial charge in [-0.2, -0.15) is 0 Å². The molecule has 0 fully saturated rings. The highest BCUT2D eigenvalue weighted by Crippen LogP contribution is 2.33. The van der Waals surface area contributed by atoms with Crippen molar-refractivity contribution < 1.29 is 5.11 Å². The van der Waals surface area contributed by atoms with Crippen molar-refractivity contribution in [3.05, 3.63) is 35.0 Å². The molecule has 0 bridgehead atoms. The number of aliphatic hydroxyl groups excluding tert-OH is 1. The molecule has 1 heterocycles. The Bertz CT molecular complexity index is 506. The van der Waals surface area contributed by atoms with Crippen molar-refractivity contribution in [2.45, 2.75) is 13.0 Å². The molecule has 0 spiro atoms. The number of benzene rings is 1. The monoisotopic (exact) mass is 245 g/mol. The van der Waals surface area contributed by atoms with Crippen LogP contribution in [0.15, 0.2) is 23.3 Å². The highest BCUT2D eigenvalue weighted by molar-refractivity contribution is 6.10. The summed E-state index contributed by atoms with van der Waals surface area (Å²) in [7, 11) is 3.78. The molecule has 1 aromatic carbocycles. The summed E-state index contributed by atoms with van der Waals surface area (Å²) in [5, 5.41) is 9.65. The molecule has 3 N–H and O–H groups in total. The predicted octanol–water partition coefficient (Wildman–Crippen LogP) is 1.17. The van der Waals surface area contributed by atoms with Crippen LogP contribution in [-0.4, -0.2) is 32.0 Å². The first-order chi connectivity index (χ1) is 8.72. The number of nitrogens with zero attached hydrogens (tertiary/aromatic N) is 2. The average Bonchev–Trinajstić information content (AvgIpc) is 2.77. The van der Waals surface area contributed by atoms with Crippen molar-refractivity contribution >= 4 is 17.5 Å². The summed E-state index contributed by atoms with van der Waals surface area (Å²) in [5.41, 5.74) is 10.9. The highest BCUT2D eigenvalue weighted by atomic mass is 16.3. The second kappa shape index (κ2) is 5.23. The molecule has 1 aliphatic rings. The van der Waals surface area contributed by atoms with Gasteiger partial charge in [-0.25, -0.2) is 0 Å². The molecule has 0 saturated heterocycles. The number of fused-ring (bicyclic) bond motifs is 1. The van der Waals surface area contributed by atoms with Gasteiger partial charge in [0.2, 0.25) is 0 Å². The Kier molecular flexibility index (Phi) is 3.67. The summed E-state index contributed by atoms with van der Waals surface area (Å²) in [4.78, 5) is 6.21. The molecule has 4 nitrogen and oxygen atoms in total. The van der Waals surface area contributed by atoms with Gasteiger partial charge in [-0.3, -0.25) is 4.99 Å². The molecule has 96 valence electrons. The fourth-order valence-electron chi connectivity index (χ4n) is 2.51. The van der Waals surface area contributed by atoms with Gasteiger partial charge in [-0.05, 0) is 29.2 Å². The molecule has 18 heavy (non-hydrogen) atoms. The minimum atomic E-state index is 0.0290. The Labute approximate surface area is 107 Å². The van der Waals surface area contributed by atoms with E-state index in [9.17, 15) is 5.11 Å². The normalized spacial score (nSPS) is 15.5. The van der Waals surface area contributed by atoms with Crippen LogP contribution in [0.5, 0.6) is 0 Å². The fourth-order valence-corrected chi connectivity index (χ4v) is 2.51. The molecule has 0 aromatic heterocycles. The van der Waals surface area contributed by atoms with Crippen molar-refractivity contribution in [1.82, 2.24) is 0 Å². The molecule has 0 unspecified atom stereocenters. The molecule has 0 radical (unpaired) electrons. The van der Waals surface area contributed by atoms with Crippen LogP contribution in [0, 0.1) is 0 Å². The van der Waals surface area contributed by atoms with Gasteiger partial charge in [0.15, 0.2) is 0 Å². The number of aliphatic hydroxyl groups is 1. The Hall–Kier alpha value is -1.81. The van der Waals surface area contributed by atoms with E-state index in [1.54, 1.807) is 13.3 Å². The molecular formula is C14H19N3O. The first-order valence-electron chi connectivity index (χ1n) is 6.04. The summed E-state index contributed by atoms with van der Waals surface area (Å²) in [6.07, 6.45) is 4.22. The number of anilines is 1. The maximum absolute atomic E-state index is 9.65. The second-order valence-electron chi connectivity index (χ2n) is 4.43. The van der Waals surface area contributed by atoms with E-state index >= 15 is 0 Å². The van der Waals surface area contributed by atoms with Crippen LogP contribution in [0.4, 0.5) is 5.69 Å². The molecule has 0 atom stereocenters. The van der Waals surface area contributed by atoms with Gasteiger partial charge in [-0.15, -0.1) is 0 Å². The van der Waals surface area contributed by atoms with Gasteiger partial charge in [0.05, 0.1) is 6.61 Å². The first kappa shape index (κ1) is 12.6. The molecule has 1 aromatic rings. The lowest BCUT2D eigenvalue weighted by atomic mass is 9.95. The number of aliphatic imine (C=N–C) groups is 1. The Morgan fingerprint density at radius 1 is 1.56 bits per heavy atom. The lowest BCUT2D eigenvalue weighted by molar-refractivity contribution is 0.280. The minimum absolute atomic E-state index is 0.0290. The van der Waals surface area contributed by atoms with E-state index in [-0.39, 0.29) is 6.61 Å². The molecule has 4 heteroatoms. The van der Waals surface area contributed by atoms with Crippen LogP contribution in [0.1, 0.15) is 16.7 Å². The van der Waals surface area contributed by atoms with Crippen molar-refractivity contribution in [3.8, 4) is 0 Å². The third kappa shape index (κ3) is 1.99. The largest absolute Gasteiger partial charge is 0.404 e. The van der Waals surface area contributed by atoms with E-state index in [1.807, 2.05) is 6.07 Å². The zero-order valence-electron chi connectivity index (χ0n) is 10.8. The van der Waals surface area contributed by atoms with Crippen LogP contribution in [0.3, 0.4) is 0 Å². The predicted molar refractivity (Wildman–Crippen MR) is 75.9 cm³/mol. The van der Waals surface area contributed by atoms with E-state index in [4.69, 9.17) is 5.73 Å². The van der Waals surface area contributed by atoms with E-state index < -0.39 is 0 Å². The van der Waals surface area contributed by atoms with Crippen LogP contribution in [0.2, 0.25) is 0 Å². The molecule has 0 aliphatic carbocycles. The van der Waals surface area contributed by atoms with Gasteiger partial charge in [0, 0.05) is 44.3 Å². The first-order valence-corrected chi connectivity index (χ1v) is 6.04. The summed E-state index contributed by atoms with van der Waals surface area (Å²) < 4.78 is 0. The third-order valence-corrected chi connectivity index (χ3v) is 3.43. The fraction of sp³-hybridized carbons (Fsp3) is 0.357. The summed E-state index contributed by atoms with van der Waals surface area (Å²) in [6.45, 7) is 1.02. The summed E-state index contributed by atoms with van der Waals surface area (Å²) >= 11 is 0. The Morgan fingerprint density at radius 3 is 2.94 bits per heavy atom. The second-order valence-corrected chi connectivity index (χ2v) is 4.43. The van der Waals surface area contributed by atoms with Gasteiger partial charge < -0.3 is 15.7 Å². The number of allylic oxidation sites excluding steroid dienone is 1. The molecule has 1 aliphatic heterocycles. The standard InChI is InChI=1S/C14H19N3O/c1-16-8-10(7-15)11-3-4-14-12(13(11)9-18)5-6-17(14)2/h3-4,7-8,18H,5-6,9,15H2,1-2H3. The van der Waals surface area contributed by atoms with Gasteiger partial charge in [-0.1, -0.05) is 6.07 Å². The van der Waals surface area contributed by atoms with Gasteiger partial charge >= 0.3 is 0 Å². The van der Waals surface area contributed by atoms with Crippen molar-refractivity contribution in [1.29, 1.82) is 0 Å². The highest BCUT2D eigenvalue weighted by Gasteiger charge is 2.21. The maximum atomic E-state index is 9.65. The van der Waals surface area contributed by atoms with Crippen LogP contribution >= 0.6 is 0 Å². The van der Waals surface area contributed by atoms with Crippen molar-refractivity contribution in [2.75, 3.05) is 25.5 Å². The van der Waals surface area contributed by atoms with Crippen molar-refractivity contribution in [2.24, 2.45) is 10.7 Å². The van der Waals surface area contributed by atoms with Crippen LogP contribution < -0.4 is 10.6 Å². The van der Waals surface area contributed by atoms with Gasteiger partial charge in [0.25, 0.3) is 0 Å². The topological polar surface area (TPSA) is 61.9 Å². The number of nitrogens with two attached hydrogens (primary N) is 1. The van der Waals surface area contributed by atoms with E-state index in [2.05, 4.69) is 23.0 Å². The zero-order valence-corrected chi connectivity index (χ0v) is 10.8. The van der Waals surface area contributed by atoms with E-state index in [0.29, 0.717) is 0 Å². The smallest absolute Gasteiger partial charge is 0.0691 e. The van der Waals surface area contributed by atoms with Gasteiger partial charge in [0.1, 0.15) is 0 Å². The molecule has 2 rings (SSSR count). The lowest BCUT2D eigenvalue weighted by Crippen LogP contribution is -2.12. The number of hydrogen-bond acceptors (Lipinski definition) is 4. The average molecular weight is 245 g/mol. The van der Waals surface area contributed by atoms with Crippen LogP contribution in [0.25, 0.3) is 5.57 Å². The quantitative estimate of drug-likeness (QED) is 0.786. The molecule has 0 saturated carbocycles. The van der Waals surface area contributed by atoms with E-state index in [0.717, 1.165) is 29.7 Å². The SMILES string of the molecule is CN=CC(=CN)c1ccc2c(c1CO)CCN2C. The zero-order chi connectivity index (χ0) is 13.1. The van der Waals surface area contributed by atoms with Crippen LogP contribution in [-0.2, 0) is 13.0 Å². The Morgan fingerprint density at radius 2 is 2.33 bits per heavy atom. The lowest BCUT2D eigenvalue weighted by Gasteiger charge is -2.16. The van der Waals surface area contributed by atoms with E-state index in [1.165, 1.54) is 17.5 Å². The van der Waals surface area contributed by atoms with Crippen molar-refractivity contribution in [3.63, 3.8) is 0 Å². The molecular weight excluding hydrogens is 226 g/mol. The third-order valence-electron chi connectivity index (χ3n) is 3.43. The summed E-state index contributed by atoms with van der Waals surface area (Å²) in [5.74, 6) is 0. The maximum Gasteiger partial charge on any atom is 0.0691 e. The summed E-state index contributed by atoms with van der Waals surface area (Å²) in [6, 6.07) is 4.09. The Balaban J connectivity index is 2.57. The number of likely N-dealkylation sites (N-methyl/N-ethyl adjacent to an activating group) is 1. The number of rotatable bonds is 3.